The molecule has 0 aliphatic carbocycles. The number of anilines is 1. The van der Waals surface area contributed by atoms with Crippen LogP contribution in [0, 0.1) is 6.92 Å². The maximum absolute atomic E-state index is 12.6. The molecule has 3 aromatic carbocycles. The topological polar surface area (TPSA) is 75.3 Å². The van der Waals surface area contributed by atoms with Crippen molar-refractivity contribution in [2.24, 2.45) is 0 Å². The first kappa shape index (κ1) is 23.8. The van der Waals surface area contributed by atoms with Crippen molar-refractivity contribution in [3.63, 3.8) is 0 Å². The molecule has 0 heterocycles. The third-order valence-electron chi connectivity index (χ3n) is 5.15. The molecular formula is C25H27ClN2O3S. The van der Waals surface area contributed by atoms with Gasteiger partial charge in [0.1, 0.15) is 0 Å². The normalized spacial score (nSPS) is 11.4. The summed E-state index contributed by atoms with van der Waals surface area (Å²) in [6.07, 6.45) is 0.715. The van der Waals surface area contributed by atoms with E-state index < -0.39 is 10.0 Å². The van der Waals surface area contributed by atoms with Crippen LogP contribution in [0.25, 0.3) is 0 Å². The van der Waals surface area contributed by atoms with Gasteiger partial charge in [0, 0.05) is 12.1 Å². The molecule has 5 nitrogen and oxygen atoms in total. The van der Waals surface area contributed by atoms with Crippen LogP contribution in [-0.4, -0.2) is 20.9 Å². The zero-order valence-corrected chi connectivity index (χ0v) is 19.9. The fourth-order valence-corrected chi connectivity index (χ4v) is 4.52. The number of rotatable bonds is 8. The minimum absolute atomic E-state index is 0.141. The number of hydrogen-bond acceptors (Lipinski definition) is 3. The van der Waals surface area contributed by atoms with Gasteiger partial charge in [0.05, 0.1) is 15.6 Å². The Morgan fingerprint density at radius 3 is 2.22 bits per heavy atom. The summed E-state index contributed by atoms with van der Waals surface area (Å²) in [5.41, 5.74) is 3.97. The van der Waals surface area contributed by atoms with Crippen molar-refractivity contribution in [3.05, 3.63) is 94.0 Å². The van der Waals surface area contributed by atoms with Crippen molar-refractivity contribution in [2.45, 2.75) is 38.0 Å². The second-order valence-corrected chi connectivity index (χ2v) is 10.1. The predicted molar refractivity (Wildman–Crippen MR) is 130 cm³/mol. The third kappa shape index (κ3) is 6.11. The summed E-state index contributed by atoms with van der Waals surface area (Å²) in [7, 11) is -3.77. The number of benzene rings is 3. The van der Waals surface area contributed by atoms with Crippen LogP contribution in [0.5, 0.6) is 0 Å². The molecule has 0 bridgehead atoms. The van der Waals surface area contributed by atoms with Crippen molar-refractivity contribution in [1.82, 2.24) is 5.32 Å². The van der Waals surface area contributed by atoms with Gasteiger partial charge in [0.15, 0.2) is 0 Å². The van der Waals surface area contributed by atoms with Crippen LogP contribution < -0.4 is 10.0 Å². The Morgan fingerprint density at radius 2 is 1.62 bits per heavy atom. The molecule has 0 saturated carbocycles. The van der Waals surface area contributed by atoms with Gasteiger partial charge < -0.3 is 5.32 Å². The van der Waals surface area contributed by atoms with E-state index in [9.17, 15) is 13.2 Å². The molecular weight excluding hydrogens is 444 g/mol. The Morgan fingerprint density at radius 1 is 0.969 bits per heavy atom. The van der Waals surface area contributed by atoms with E-state index in [1.165, 1.54) is 29.8 Å². The average molecular weight is 471 g/mol. The third-order valence-corrected chi connectivity index (χ3v) is 6.85. The van der Waals surface area contributed by atoms with Gasteiger partial charge in [-0.25, -0.2) is 8.42 Å². The van der Waals surface area contributed by atoms with Crippen LogP contribution in [0.4, 0.5) is 5.69 Å². The summed E-state index contributed by atoms with van der Waals surface area (Å²) in [5, 5.41) is 3.03. The van der Waals surface area contributed by atoms with Crippen LogP contribution in [0.15, 0.2) is 71.6 Å². The van der Waals surface area contributed by atoms with Crippen molar-refractivity contribution in [2.75, 3.05) is 11.3 Å². The van der Waals surface area contributed by atoms with Crippen LogP contribution in [0.2, 0.25) is 5.02 Å². The fraction of sp³-hybridized carbons (Fsp3) is 0.240. The maximum Gasteiger partial charge on any atom is 0.261 e. The van der Waals surface area contributed by atoms with Crippen molar-refractivity contribution in [1.29, 1.82) is 0 Å². The molecule has 3 aromatic rings. The van der Waals surface area contributed by atoms with Crippen LogP contribution in [-0.2, 0) is 16.4 Å². The molecule has 0 aromatic heterocycles. The van der Waals surface area contributed by atoms with Crippen molar-refractivity contribution >= 4 is 33.2 Å². The molecule has 0 unspecified atom stereocenters. The summed E-state index contributed by atoms with van der Waals surface area (Å²) in [6, 6.07) is 19.4. The summed E-state index contributed by atoms with van der Waals surface area (Å²) in [6.45, 7) is 6.67. The second kappa shape index (κ2) is 10.2. The van der Waals surface area contributed by atoms with Gasteiger partial charge in [0.2, 0.25) is 0 Å². The number of sulfonamides is 1. The quantitative estimate of drug-likeness (QED) is 0.453. The van der Waals surface area contributed by atoms with Gasteiger partial charge in [-0.05, 0) is 60.7 Å². The molecule has 0 aliphatic rings. The first-order valence-electron chi connectivity index (χ1n) is 10.4. The summed E-state index contributed by atoms with van der Waals surface area (Å²) in [4.78, 5) is 12.6. The highest BCUT2D eigenvalue weighted by Crippen LogP contribution is 2.26. The van der Waals surface area contributed by atoms with Gasteiger partial charge in [-0.2, -0.15) is 0 Å². The number of amides is 1. The molecule has 1 amide bonds. The largest absolute Gasteiger partial charge is 0.352 e. The molecule has 7 heteroatoms. The van der Waals surface area contributed by atoms with Gasteiger partial charge in [-0.3, -0.25) is 9.52 Å². The number of carbonyl (C=O) groups is 1. The van der Waals surface area contributed by atoms with Crippen molar-refractivity contribution < 1.29 is 13.2 Å². The van der Waals surface area contributed by atoms with Gasteiger partial charge in [-0.15, -0.1) is 0 Å². The zero-order valence-electron chi connectivity index (χ0n) is 18.4. The molecule has 2 N–H and O–H groups in total. The van der Waals surface area contributed by atoms with E-state index in [4.69, 9.17) is 11.6 Å². The van der Waals surface area contributed by atoms with Crippen molar-refractivity contribution in [3.8, 4) is 0 Å². The molecule has 0 atom stereocenters. The molecule has 0 fully saturated rings. The van der Waals surface area contributed by atoms with E-state index >= 15 is 0 Å². The first-order chi connectivity index (χ1) is 15.2. The Labute approximate surface area is 194 Å². The maximum atomic E-state index is 12.6. The second-order valence-electron chi connectivity index (χ2n) is 8.02. The van der Waals surface area contributed by atoms with E-state index in [0.29, 0.717) is 24.4 Å². The van der Waals surface area contributed by atoms with Crippen LogP contribution >= 0.6 is 11.6 Å². The molecule has 0 saturated heterocycles. The SMILES string of the molecule is Cc1ccc(S(=O)(=O)Nc2ccc(C(=O)NCCc3ccc(C(C)C)cc3)cc2Cl)cc1. The predicted octanol–water partition coefficient (Wildman–Crippen LogP) is 5.55. The van der Waals surface area contributed by atoms with E-state index in [1.807, 2.05) is 6.92 Å². The molecule has 3 rings (SSSR count). The lowest BCUT2D eigenvalue weighted by atomic mass is 10.0. The fourth-order valence-electron chi connectivity index (χ4n) is 3.15. The number of carbonyl (C=O) groups excluding carboxylic acids is 1. The highest BCUT2D eigenvalue weighted by Gasteiger charge is 2.17. The lowest BCUT2D eigenvalue weighted by molar-refractivity contribution is 0.0954. The summed E-state index contributed by atoms with van der Waals surface area (Å²) >= 11 is 6.26. The van der Waals surface area contributed by atoms with E-state index in [1.54, 1.807) is 18.2 Å². The standard InChI is InChI=1S/C25H27ClN2O3S/c1-17(2)20-8-6-19(7-9-20)14-15-27-25(29)21-10-13-24(23(26)16-21)28-32(30,31)22-11-4-18(3)5-12-22/h4-13,16-17,28H,14-15H2,1-3H3,(H,27,29). The number of halogens is 1. The van der Waals surface area contributed by atoms with Gasteiger partial charge >= 0.3 is 0 Å². The number of aryl methyl sites for hydroxylation is 1. The Hall–Kier alpha value is -2.83. The average Bonchev–Trinajstić information content (AvgIpc) is 2.75. The lowest BCUT2D eigenvalue weighted by Gasteiger charge is -2.12. The minimum Gasteiger partial charge on any atom is -0.352 e. The lowest BCUT2D eigenvalue weighted by Crippen LogP contribution is -2.25. The van der Waals surface area contributed by atoms with Gasteiger partial charge in [0.25, 0.3) is 15.9 Å². The smallest absolute Gasteiger partial charge is 0.261 e. The highest BCUT2D eigenvalue weighted by molar-refractivity contribution is 7.92. The van der Waals surface area contributed by atoms with E-state index in [-0.39, 0.29) is 21.5 Å². The zero-order chi connectivity index (χ0) is 23.3. The molecule has 32 heavy (non-hydrogen) atoms. The molecule has 0 radical (unpaired) electrons. The van der Waals surface area contributed by atoms with Crippen LogP contribution in [0.1, 0.15) is 46.8 Å². The Balaban J connectivity index is 1.60. The Bertz CT molecular complexity index is 1190. The number of nitrogens with one attached hydrogen (secondary N) is 2. The van der Waals surface area contributed by atoms with Gasteiger partial charge in [-0.1, -0.05) is 67.4 Å². The molecule has 168 valence electrons. The highest BCUT2D eigenvalue weighted by atomic mass is 35.5. The summed E-state index contributed by atoms with van der Waals surface area (Å²) < 4.78 is 27.6. The minimum atomic E-state index is -3.77. The first-order valence-corrected chi connectivity index (χ1v) is 12.3. The van der Waals surface area contributed by atoms with Crippen LogP contribution in [0.3, 0.4) is 0 Å². The monoisotopic (exact) mass is 470 g/mol. The Kier molecular flexibility index (Phi) is 7.59. The number of hydrogen-bond donors (Lipinski definition) is 2. The summed E-state index contributed by atoms with van der Waals surface area (Å²) in [5.74, 6) is 0.219. The van der Waals surface area contributed by atoms with E-state index in [0.717, 1.165) is 11.1 Å². The van der Waals surface area contributed by atoms with E-state index in [2.05, 4.69) is 48.2 Å². The molecule has 0 aliphatic heterocycles. The molecule has 0 spiro atoms.